The standard InChI is InChI=1S/C12H17NO5S2/c1-19-8-2-7-13-20(16,17)11-5-3-10(4-6-11)18-9-12(14)15/h3-6,13H,2,7-9H2,1H3,(H,14,15). The summed E-state index contributed by atoms with van der Waals surface area (Å²) in [6.45, 7) is -0.0700. The Kier molecular flexibility index (Phi) is 6.83. The highest BCUT2D eigenvalue weighted by Crippen LogP contribution is 2.15. The molecule has 0 aromatic heterocycles. The van der Waals surface area contributed by atoms with Crippen LogP contribution >= 0.6 is 11.8 Å². The van der Waals surface area contributed by atoms with Gasteiger partial charge in [0.25, 0.3) is 0 Å². The van der Waals surface area contributed by atoms with Crippen LogP contribution in [0.15, 0.2) is 29.2 Å². The van der Waals surface area contributed by atoms with Crippen LogP contribution in [0.5, 0.6) is 5.75 Å². The lowest BCUT2D eigenvalue weighted by molar-refractivity contribution is -0.139. The predicted molar refractivity (Wildman–Crippen MR) is 77.8 cm³/mol. The maximum absolute atomic E-state index is 11.9. The second-order valence-corrected chi connectivity index (χ2v) is 6.65. The van der Waals surface area contributed by atoms with E-state index in [1.54, 1.807) is 11.8 Å². The molecule has 0 aliphatic rings. The molecule has 0 saturated heterocycles. The molecule has 0 aliphatic heterocycles. The van der Waals surface area contributed by atoms with Gasteiger partial charge in [-0.1, -0.05) is 0 Å². The van der Waals surface area contributed by atoms with E-state index < -0.39 is 22.6 Å². The first-order chi connectivity index (χ1) is 9.45. The van der Waals surface area contributed by atoms with Crippen LogP contribution in [0.25, 0.3) is 0 Å². The minimum absolute atomic E-state index is 0.129. The molecule has 6 nitrogen and oxygen atoms in total. The van der Waals surface area contributed by atoms with Crippen molar-refractivity contribution in [2.24, 2.45) is 0 Å². The Morgan fingerprint density at radius 3 is 2.55 bits per heavy atom. The van der Waals surface area contributed by atoms with Gasteiger partial charge in [-0.25, -0.2) is 17.9 Å². The van der Waals surface area contributed by atoms with Gasteiger partial charge in [-0.15, -0.1) is 0 Å². The van der Waals surface area contributed by atoms with Gasteiger partial charge >= 0.3 is 5.97 Å². The van der Waals surface area contributed by atoms with E-state index in [4.69, 9.17) is 9.84 Å². The fourth-order valence-corrected chi connectivity index (χ4v) is 2.87. The fourth-order valence-electron chi connectivity index (χ4n) is 1.37. The van der Waals surface area contributed by atoms with Crippen LogP contribution < -0.4 is 9.46 Å². The Morgan fingerprint density at radius 2 is 2.00 bits per heavy atom. The summed E-state index contributed by atoms with van der Waals surface area (Å²) >= 11 is 1.66. The third-order valence-corrected chi connectivity index (χ3v) is 4.49. The first-order valence-electron chi connectivity index (χ1n) is 5.89. The van der Waals surface area contributed by atoms with Gasteiger partial charge in [0.05, 0.1) is 4.90 Å². The molecule has 0 atom stereocenters. The van der Waals surface area contributed by atoms with Crippen molar-refractivity contribution in [3.8, 4) is 5.75 Å². The van der Waals surface area contributed by atoms with Crippen molar-refractivity contribution < 1.29 is 23.1 Å². The molecule has 0 fully saturated rings. The number of hydrogen-bond acceptors (Lipinski definition) is 5. The van der Waals surface area contributed by atoms with Crippen LogP contribution in [0.1, 0.15) is 6.42 Å². The zero-order valence-electron chi connectivity index (χ0n) is 11.0. The molecule has 0 aliphatic carbocycles. The molecule has 1 aromatic rings. The minimum atomic E-state index is -3.52. The normalized spacial score (nSPS) is 11.2. The van der Waals surface area contributed by atoms with Gasteiger partial charge in [-0.2, -0.15) is 11.8 Å². The van der Waals surface area contributed by atoms with Crippen LogP contribution in [0, 0.1) is 0 Å². The Labute approximate surface area is 122 Å². The van der Waals surface area contributed by atoms with Crippen molar-refractivity contribution in [3.05, 3.63) is 24.3 Å². The van der Waals surface area contributed by atoms with Crippen LogP contribution in [0.3, 0.4) is 0 Å². The summed E-state index contributed by atoms with van der Waals surface area (Å²) in [5, 5.41) is 8.47. The van der Waals surface area contributed by atoms with E-state index in [-0.39, 0.29) is 4.90 Å². The second-order valence-electron chi connectivity index (χ2n) is 3.90. The van der Waals surface area contributed by atoms with E-state index in [9.17, 15) is 13.2 Å². The molecular weight excluding hydrogens is 302 g/mol. The second kappa shape index (κ2) is 8.13. The van der Waals surface area contributed by atoms with Gasteiger partial charge in [-0.05, 0) is 42.7 Å². The van der Waals surface area contributed by atoms with Crippen molar-refractivity contribution in [2.75, 3.05) is 25.2 Å². The number of thioether (sulfide) groups is 1. The van der Waals surface area contributed by atoms with Crippen LogP contribution in [0.4, 0.5) is 0 Å². The van der Waals surface area contributed by atoms with Crippen molar-refractivity contribution >= 4 is 27.8 Å². The van der Waals surface area contributed by atoms with Gasteiger partial charge in [0.2, 0.25) is 10.0 Å². The predicted octanol–water partition coefficient (Wildman–Crippen LogP) is 1.18. The Balaban J connectivity index is 2.60. The van der Waals surface area contributed by atoms with Crippen LogP contribution in [0.2, 0.25) is 0 Å². The van der Waals surface area contributed by atoms with Gasteiger partial charge in [0.15, 0.2) is 6.61 Å². The molecule has 20 heavy (non-hydrogen) atoms. The largest absolute Gasteiger partial charge is 0.482 e. The van der Waals surface area contributed by atoms with Crippen molar-refractivity contribution in [1.82, 2.24) is 4.72 Å². The van der Waals surface area contributed by atoms with Gasteiger partial charge < -0.3 is 9.84 Å². The number of sulfonamides is 1. The third kappa shape index (κ3) is 5.81. The Hall–Kier alpha value is -1.25. The lowest BCUT2D eigenvalue weighted by atomic mass is 10.3. The molecule has 8 heteroatoms. The monoisotopic (exact) mass is 319 g/mol. The van der Waals surface area contributed by atoms with E-state index in [0.29, 0.717) is 12.3 Å². The number of aliphatic carboxylic acids is 1. The Bertz CT molecular complexity index is 527. The Morgan fingerprint density at radius 1 is 1.35 bits per heavy atom. The summed E-state index contributed by atoms with van der Waals surface area (Å²) in [7, 11) is -3.52. The number of ether oxygens (including phenoxy) is 1. The van der Waals surface area contributed by atoms with Crippen LogP contribution in [-0.2, 0) is 14.8 Å². The maximum atomic E-state index is 11.9. The number of rotatable bonds is 9. The molecule has 112 valence electrons. The summed E-state index contributed by atoms with van der Waals surface area (Å²) in [5.41, 5.74) is 0. The molecule has 0 saturated carbocycles. The van der Waals surface area contributed by atoms with Crippen molar-refractivity contribution in [1.29, 1.82) is 0 Å². The molecule has 2 N–H and O–H groups in total. The fraction of sp³-hybridized carbons (Fsp3) is 0.417. The number of carboxylic acid groups (broad SMARTS) is 1. The van der Waals surface area contributed by atoms with E-state index in [1.165, 1.54) is 24.3 Å². The zero-order valence-corrected chi connectivity index (χ0v) is 12.7. The van der Waals surface area contributed by atoms with Crippen LogP contribution in [-0.4, -0.2) is 44.7 Å². The van der Waals surface area contributed by atoms with Crippen molar-refractivity contribution in [2.45, 2.75) is 11.3 Å². The molecule has 0 bridgehead atoms. The summed E-state index contributed by atoms with van der Waals surface area (Å²) in [5.74, 6) is 0.121. The highest BCUT2D eigenvalue weighted by Gasteiger charge is 2.13. The topological polar surface area (TPSA) is 92.7 Å². The molecule has 1 aromatic carbocycles. The minimum Gasteiger partial charge on any atom is -0.482 e. The van der Waals surface area contributed by atoms with Gasteiger partial charge in [-0.3, -0.25) is 0 Å². The molecule has 0 heterocycles. The smallest absolute Gasteiger partial charge is 0.341 e. The number of carboxylic acids is 1. The van der Waals surface area contributed by atoms with Gasteiger partial charge in [0.1, 0.15) is 5.75 Å². The molecule has 0 unspecified atom stereocenters. The van der Waals surface area contributed by atoms with E-state index in [1.807, 2.05) is 6.26 Å². The SMILES string of the molecule is CSCCCNS(=O)(=O)c1ccc(OCC(=O)O)cc1. The quantitative estimate of drug-likeness (QED) is 0.664. The number of carbonyl (C=O) groups is 1. The molecular formula is C12H17NO5S2. The van der Waals surface area contributed by atoms with E-state index in [2.05, 4.69) is 4.72 Å². The first kappa shape index (κ1) is 16.8. The molecule has 0 radical (unpaired) electrons. The summed E-state index contributed by atoms with van der Waals surface area (Å²) in [4.78, 5) is 10.5. The average molecular weight is 319 g/mol. The summed E-state index contributed by atoms with van der Waals surface area (Å²) < 4.78 is 31.3. The molecule has 0 amide bonds. The van der Waals surface area contributed by atoms with E-state index in [0.717, 1.165) is 12.2 Å². The lowest BCUT2D eigenvalue weighted by Gasteiger charge is -2.07. The lowest BCUT2D eigenvalue weighted by Crippen LogP contribution is -2.25. The molecule has 1 rings (SSSR count). The maximum Gasteiger partial charge on any atom is 0.341 e. The number of nitrogens with one attached hydrogen (secondary N) is 1. The zero-order chi connectivity index (χ0) is 15.0. The summed E-state index contributed by atoms with van der Waals surface area (Å²) in [6, 6.07) is 5.63. The highest BCUT2D eigenvalue weighted by molar-refractivity contribution is 7.98. The highest BCUT2D eigenvalue weighted by atomic mass is 32.2. The average Bonchev–Trinajstić information content (AvgIpc) is 2.42. The molecule has 0 spiro atoms. The first-order valence-corrected chi connectivity index (χ1v) is 8.76. The number of benzene rings is 1. The number of hydrogen-bond donors (Lipinski definition) is 2. The van der Waals surface area contributed by atoms with Gasteiger partial charge in [0, 0.05) is 6.54 Å². The van der Waals surface area contributed by atoms with Crippen molar-refractivity contribution in [3.63, 3.8) is 0 Å². The third-order valence-electron chi connectivity index (χ3n) is 2.31. The summed E-state index contributed by atoms with van der Waals surface area (Å²) in [6.07, 6.45) is 2.73. The van der Waals surface area contributed by atoms with E-state index >= 15 is 0 Å².